The van der Waals surface area contributed by atoms with Crippen molar-refractivity contribution in [3.8, 4) is 0 Å². The standard InChI is InChI=1S/C10H11FN4/c1-7(9-4-5-13-15-9)14-8-2-3-10(11)12-6-8/h2-7,14H,1H3,(H,13,15). The van der Waals surface area contributed by atoms with Gasteiger partial charge in [0.15, 0.2) is 0 Å². The van der Waals surface area contributed by atoms with E-state index in [-0.39, 0.29) is 6.04 Å². The lowest BCUT2D eigenvalue weighted by molar-refractivity contribution is 0.584. The Labute approximate surface area is 86.6 Å². The second kappa shape index (κ2) is 4.08. The molecule has 0 radical (unpaired) electrons. The molecule has 5 heteroatoms. The van der Waals surface area contributed by atoms with Crippen LogP contribution in [0.1, 0.15) is 18.7 Å². The van der Waals surface area contributed by atoms with Crippen LogP contribution in [0.5, 0.6) is 0 Å². The van der Waals surface area contributed by atoms with E-state index in [0.29, 0.717) is 0 Å². The molecule has 1 unspecified atom stereocenters. The molecule has 0 spiro atoms. The van der Waals surface area contributed by atoms with Crippen LogP contribution < -0.4 is 5.32 Å². The van der Waals surface area contributed by atoms with Gasteiger partial charge in [-0.1, -0.05) is 0 Å². The first-order valence-electron chi connectivity index (χ1n) is 4.63. The summed E-state index contributed by atoms with van der Waals surface area (Å²) in [7, 11) is 0. The minimum absolute atomic E-state index is 0.0831. The van der Waals surface area contributed by atoms with Crippen LogP contribution in [0, 0.1) is 5.95 Å². The smallest absolute Gasteiger partial charge is 0.212 e. The van der Waals surface area contributed by atoms with Crippen LogP contribution in [0.15, 0.2) is 30.6 Å². The molecule has 4 nitrogen and oxygen atoms in total. The third-order valence-corrected chi connectivity index (χ3v) is 2.10. The van der Waals surface area contributed by atoms with Gasteiger partial charge in [-0.2, -0.15) is 9.49 Å². The van der Waals surface area contributed by atoms with E-state index >= 15 is 0 Å². The SMILES string of the molecule is CC(Nc1ccc(F)nc1)c1ccn[nH]1. The Bertz CT molecular complexity index is 409. The van der Waals surface area contributed by atoms with Crippen LogP contribution in [0.3, 0.4) is 0 Å². The second-order valence-electron chi connectivity index (χ2n) is 3.25. The van der Waals surface area contributed by atoms with E-state index in [1.807, 2.05) is 13.0 Å². The first kappa shape index (κ1) is 9.64. The average Bonchev–Trinajstić information content (AvgIpc) is 2.74. The van der Waals surface area contributed by atoms with Crippen LogP contribution in [-0.2, 0) is 0 Å². The fourth-order valence-corrected chi connectivity index (χ4v) is 1.30. The summed E-state index contributed by atoms with van der Waals surface area (Å²) in [5, 5.41) is 9.89. The van der Waals surface area contributed by atoms with Crippen molar-refractivity contribution in [1.29, 1.82) is 0 Å². The molecule has 0 aromatic carbocycles. The fourth-order valence-electron chi connectivity index (χ4n) is 1.30. The van der Waals surface area contributed by atoms with Crippen molar-refractivity contribution in [3.63, 3.8) is 0 Å². The summed E-state index contributed by atoms with van der Waals surface area (Å²) in [6.45, 7) is 1.98. The Morgan fingerprint density at radius 1 is 1.40 bits per heavy atom. The predicted octanol–water partition coefficient (Wildman–Crippen LogP) is 2.12. The van der Waals surface area contributed by atoms with Crippen molar-refractivity contribution in [2.45, 2.75) is 13.0 Å². The highest BCUT2D eigenvalue weighted by atomic mass is 19.1. The van der Waals surface area contributed by atoms with Gasteiger partial charge in [0.2, 0.25) is 5.95 Å². The number of hydrogen-bond acceptors (Lipinski definition) is 3. The lowest BCUT2D eigenvalue weighted by Crippen LogP contribution is -2.07. The zero-order valence-electron chi connectivity index (χ0n) is 8.24. The molecule has 0 bridgehead atoms. The fraction of sp³-hybridized carbons (Fsp3) is 0.200. The van der Waals surface area contributed by atoms with Crippen LogP contribution in [-0.4, -0.2) is 15.2 Å². The molecule has 2 N–H and O–H groups in total. The summed E-state index contributed by atoms with van der Waals surface area (Å²) in [6.07, 6.45) is 3.15. The van der Waals surface area contributed by atoms with Gasteiger partial charge in [-0.25, -0.2) is 4.98 Å². The zero-order chi connectivity index (χ0) is 10.7. The van der Waals surface area contributed by atoms with Crippen molar-refractivity contribution in [2.24, 2.45) is 0 Å². The van der Waals surface area contributed by atoms with Crippen molar-refractivity contribution < 1.29 is 4.39 Å². The Morgan fingerprint density at radius 3 is 2.87 bits per heavy atom. The summed E-state index contributed by atoms with van der Waals surface area (Å²) in [6, 6.07) is 4.94. The molecule has 0 saturated heterocycles. The maximum atomic E-state index is 12.5. The maximum Gasteiger partial charge on any atom is 0.212 e. The van der Waals surface area contributed by atoms with Gasteiger partial charge in [0.1, 0.15) is 0 Å². The van der Waals surface area contributed by atoms with E-state index in [1.54, 1.807) is 12.3 Å². The van der Waals surface area contributed by atoms with Gasteiger partial charge in [0, 0.05) is 6.20 Å². The van der Waals surface area contributed by atoms with Crippen molar-refractivity contribution >= 4 is 5.69 Å². The van der Waals surface area contributed by atoms with E-state index in [1.165, 1.54) is 12.3 Å². The minimum Gasteiger partial charge on any atom is -0.376 e. The number of halogens is 1. The molecule has 1 atom stereocenters. The Hall–Kier alpha value is -1.91. The highest BCUT2D eigenvalue weighted by molar-refractivity contribution is 5.41. The Morgan fingerprint density at radius 2 is 2.27 bits per heavy atom. The van der Waals surface area contributed by atoms with Gasteiger partial charge >= 0.3 is 0 Å². The molecule has 2 aromatic heterocycles. The van der Waals surface area contributed by atoms with Crippen LogP contribution in [0.4, 0.5) is 10.1 Å². The highest BCUT2D eigenvalue weighted by Crippen LogP contribution is 2.15. The second-order valence-corrected chi connectivity index (χ2v) is 3.25. The molecule has 2 aromatic rings. The largest absolute Gasteiger partial charge is 0.376 e. The van der Waals surface area contributed by atoms with Gasteiger partial charge in [-0.3, -0.25) is 5.10 Å². The van der Waals surface area contributed by atoms with Crippen LogP contribution in [0.2, 0.25) is 0 Å². The van der Waals surface area contributed by atoms with Crippen LogP contribution >= 0.6 is 0 Å². The number of anilines is 1. The monoisotopic (exact) mass is 206 g/mol. The number of pyridine rings is 1. The molecule has 15 heavy (non-hydrogen) atoms. The molecule has 0 aliphatic rings. The Kier molecular flexibility index (Phi) is 2.62. The number of hydrogen-bond donors (Lipinski definition) is 2. The minimum atomic E-state index is -0.477. The number of H-pyrrole nitrogens is 1. The first-order chi connectivity index (χ1) is 7.25. The molecule has 0 saturated carbocycles. The maximum absolute atomic E-state index is 12.5. The summed E-state index contributed by atoms with van der Waals surface area (Å²) in [5.74, 6) is -0.477. The van der Waals surface area contributed by atoms with Crippen molar-refractivity contribution in [1.82, 2.24) is 15.2 Å². The van der Waals surface area contributed by atoms with Crippen molar-refractivity contribution in [3.05, 3.63) is 42.2 Å². The Balaban J connectivity index is 2.06. The third-order valence-electron chi connectivity index (χ3n) is 2.10. The third kappa shape index (κ3) is 2.31. The summed E-state index contributed by atoms with van der Waals surface area (Å²) in [4.78, 5) is 3.56. The summed E-state index contributed by atoms with van der Waals surface area (Å²) < 4.78 is 12.5. The predicted molar refractivity (Wildman–Crippen MR) is 54.8 cm³/mol. The van der Waals surface area contributed by atoms with Gasteiger partial charge in [0.05, 0.1) is 23.6 Å². The first-order valence-corrected chi connectivity index (χ1v) is 4.63. The number of aromatic amines is 1. The van der Waals surface area contributed by atoms with E-state index in [4.69, 9.17) is 0 Å². The molecule has 2 rings (SSSR count). The number of rotatable bonds is 3. The molecule has 78 valence electrons. The highest BCUT2D eigenvalue weighted by Gasteiger charge is 2.06. The quantitative estimate of drug-likeness (QED) is 0.756. The van der Waals surface area contributed by atoms with Crippen molar-refractivity contribution in [2.75, 3.05) is 5.32 Å². The molecule has 0 amide bonds. The summed E-state index contributed by atoms with van der Waals surface area (Å²) >= 11 is 0. The average molecular weight is 206 g/mol. The van der Waals surface area contributed by atoms with E-state index < -0.39 is 5.95 Å². The molecular weight excluding hydrogens is 195 g/mol. The molecule has 2 heterocycles. The molecule has 0 aliphatic carbocycles. The van der Waals surface area contributed by atoms with Gasteiger partial charge < -0.3 is 5.32 Å². The van der Waals surface area contributed by atoms with Gasteiger partial charge in [-0.15, -0.1) is 0 Å². The zero-order valence-corrected chi connectivity index (χ0v) is 8.24. The lowest BCUT2D eigenvalue weighted by Gasteiger charge is -2.12. The normalized spacial score (nSPS) is 12.4. The van der Waals surface area contributed by atoms with E-state index in [2.05, 4.69) is 20.5 Å². The number of aromatic nitrogens is 3. The van der Waals surface area contributed by atoms with Gasteiger partial charge in [-0.05, 0) is 25.1 Å². The topological polar surface area (TPSA) is 53.6 Å². The molecule has 0 fully saturated rings. The number of nitrogens with zero attached hydrogens (tertiary/aromatic N) is 2. The van der Waals surface area contributed by atoms with Gasteiger partial charge in [0.25, 0.3) is 0 Å². The summed E-state index contributed by atoms with van der Waals surface area (Å²) in [5.41, 5.74) is 1.75. The lowest BCUT2D eigenvalue weighted by atomic mass is 10.2. The van der Waals surface area contributed by atoms with E-state index in [9.17, 15) is 4.39 Å². The van der Waals surface area contributed by atoms with Crippen LogP contribution in [0.25, 0.3) is 0 Å². The molecule has 0 aliphatic heterocycles. The number of nitrogens with one attached hydrogen (secondary N) is 2. The van der Waals surface area contributed by atoms with E-state index in [0.717, 1.165) is 11.4 Å². The molecular formula is C10H11FN4.